The van der Waals surface area contributed by atoms with Crippen LogP contribution in [-0.2, 0) is 5.54 Å². The van der Waals surface area contributed by atoms with Gasteiger partial charge in [-0.05, 0) is 28.8 Å². The van der Waals surface area contributed by atoms with E-state index >= 15 is 0 Å². The lowest BCUT2D eigenvalue weighted by molar-refractivity contribution is 0.0885. The fourth-order valence-electron chi connectivity index (χ4n) is 3.30. The predicted molar refractivity (Wildman–Crippen MR) is 90.7 cm³/mol. The number of rotatable bonds is 3. The first-order valence-corrected chi connectivity index (χ1v) is 8.34. The average molecular weight is 398 g/mol. The van der Waals surface area contributed by atoms with Crippen LogP contribution in [0.2, 0.25) is 0 Å². The normalized spacial score (nSPS) is 22.3. The zero-order valence-electron chi connectivity index (χ0n) is 13.0. The average Bonchev–Trinajstić information content (AvgIpc) is 3.16. The van der Waals surface area contributed by atoms with Crippen LogP contribution < -0.4 is 5.73 Å². The molecule has 0 aromatic carbocycles. The summed E-state index contributed by atoms with van der Waals surface area (Å²) in [7, 11) is 0. The topological polar surface area (TPSA) is 134 Å². The van der Waals surface area contributed by atoms with Crippen molar-refractivity contribution in [3.63, 3.8) is 0 Å². The molecule has 0 amide bonds. The first-order chi connectivity index (χ1) is 12.1. The van der Waals surface area contributed by atoms with E-state index in [2.05, 4.69) is 48.2 Å². The van der Waals surface area contributed by atoms with Gasteiger partial charge in [-0.25, -0.2) is 14.5 Å². The maximum atomic E-state index is 9.18. The molecule has 3 aromatic rings. The molecule has 124 valence electrons. The summed E-state index contributed by atoms with van der Waals surface area (Å²) in [6.45, 7) is 0. The van der Waals surface area contributed by atoms with Crippen LogP contribution in [0.15, 0.2) is 23.3 Å². The molecule has 25 heavy (non-hydrogen) atoms. The Hall–Kier alpha value is -2.98. The molecule has 0 spiro atoms. The van der Waals surface area contributed by atoms with Gasteiger partial charge < -0.3 is 5.73 Å². The van der Waals surface area contributed by atoms with Gasteiger partial charge in [0.25, 0.3) is 0 Å². The molecule has 0 saturated heterocycles. The molecule has 0 atom stereocenters. The van der Waals surface area contributed by atoms with Gasteiger partial charge in [0, 0.05) is 6.20 Å². The number of anilines is 1. The van der Waals surface area contributed by atoms with E-state index < -0.39 is 5.54 Å². The van der Waals surface area contributed by atoms with Gasteiger partial charge in [-0.2, -0.15) is 20.7 Å². The van der Waals surface area contributed by atoms with E-state index in [1.54, 1.807) is 21.6 Å². The quantitative estimate of drug-likeness (QED) is 0.712. The van der Waals surface area contributed by atoms with Crippen LogP contribution in [0.3, 0.4) is 0 Å². The second kappa shape index (κ2) is 5.53. The number of nitriles is 2. The highest BCUT2D eigenvalue weighted by Crippen LogP contribution is 2.46. The minimum absolute atomic E-state index is 0.0607. The number of hydrogen-bond acceptors (Lipinski definition) is 7. The van der Waals surface area contributed by atoms with E-state index in [1.807, 2.05) is 0 Å². The van der Waals surface area contributed by atoms with E-state index in [0.717, 1.165) is 0 Å². The minimum Gasteiger partial charge on any atom is -0.382 e. The van der Waals surface area contributed by atoms with Crippen molar-refractivity contribution >= 4 is 27.4 Å². The molecule has 10 heteroatoms. The summed E-state index contributed by atoms with van der Waals surface area (Å²) in [6, 6.07) is 4.44. The van der Waals surface area contributed by atoms with E-state index in [4.69, 9.17) is 11.0 Å². The molecule has 3 aromatic heterocycles. The Balaban J connectivity index is 1.82. The van der Waals surface area contributed by atoms with E-state index in [9.17, 15) is 5.26 Å². The Morgan fingerprint density at radius 1 is 1.36 bits per heavy atom. The third-order valence-electron chi connectivity index (χ3n) is 4.56. The number of hydrogen-bond donors (Lipinski definition) is 1. The van der Waals surface area contributed by atoms with Crippen molar-refractivity contribution in [3.8, 4) is 23.4 Å². The van der Waals surface area contributed by atoms with Crippen molar-refractivity contribution in [2.45, 2.75) is 24.8 Å². The molecule has 1 aliphatic rings. The third kappa shape index (κ3) is 2.34. The molecule has 1 aliphatic carbocycles. The second-order valence-corrected chi connectivity index (χ2v) is 6.92. The van der Waals surface area contributed by atoms with Gasteiger partial charge in [0.2, 0.25) is 0 Å². The van der Waals surface area contributed by atoms with Crippen LogP contribution in [0, 0.1) is 28.6 Å². The van der Waals surface area contributed by atoms with Crippen LogP contribution in [0.1, 0.15) is 19.3 Å². The Kier molecular flexibility index (Phi) is 3.44. The number of aromatic nitrogens is 6. The van der Waals surface area contributed by atoms with E-state index in [1.165, 1.54) is 6.33 Å². The molecular weight excluding hydrogens is 386 g/mol. The van der Waals surface area contributed by atoms with Gasteiger partial charge in [0.1, 0.15) is 16.6 Å². The number of halogens is 1. The highest BCUT2D eigenvalue weighted by Gasteiger charge is 2.47. The Labute approximate surface area is 150 Å². The molecule has 1 saturated carbocycles. The van der Waals surface area contributed by atoms with Crippen molar-refractivity contribution in [1.29, 1.82) is 10.5 Å². The standard InChI is InChI=1S/C15H12BrN9/c16-11-7-24-14(20-8-21-24)12(22-11)10-6-25(23-13(10)19)15(1-2-17)3-9(4-15)5-18/h6-9H,1,3-4H2,(H2,19,23)/t9-,15-. The Bertz CT molecular complexity index is 1050. The van der Waals surface area contributed by atoms with Crippen LogP contribution in [0.4, 0.5) is 5.82 Å². The molecule has 0 bridgehead atoms. The molecule has 4 rings (SSSR count). The van der Waals surface area contributed by atoms with Crippen molar-refractivity contribution in [2.75, 3.05) is 5.73 Å². The van der Waals surface area contributed by atoms with Gasteiger partial charge in [-0.1, -0.05) is 0 Å². The molecular formula is C15H12BrN9. The van der Waals surface area contributed by atoms with Crippen molar-refractivity contribution in [3.05, 3.63) is 23.3 Å². The largest absolute Gasteiger partial charge is 0.382 e. The van der Waals surface area contributed by atoms with Crippen LogP contribution in [0.5, 0.6) is 0 Å². The van der Waals surface area contributed by atoms with Gasteiger partial charge in [0.05, 0.1) is 41.8 Å². The van der Waals surface area contributed by atoms with Crippen LogP contribution in [0.25, 0.3) is 16.9 Å². The number of nitrogens with two attached hydrogens (primary N) is 1. The lowest BCUT2D eigenvalue weighted by Gasteiger charge is -2.43. The zero-order chi connectivity index (χ0) is 17.6. The number of nitrogens with zero attached hydrogens (tertiary/aromatic N) is 8. The molecule has 9 nitrogen and oxygen atoms in total. The van der Waals surface area contributed by atoms with Gasteiger partial charge in [-0.3, -0.25) is 4.68 Å². The summed E-state index contributed by atoms with van der Waals surface area (Å²) in [4.78, 5) is 8.69. The fourth-order valence-corrected chi connectivity index (χ4v) is 3.67. The summed E-state index contributed by atoms with van der Waals surface area (Å²) < 4.78 is 3.90. The molecule has 3 heterocycles. The zero-order valence-corrected chi connectivity index (χ0v) is 14.5. The van der Waals surface area contributed by atoms with Gasteiger partial charge in [0.15, 0.2) is 11.5 Å². The summed E-state index contributed by atoms with van der Waals surface area (Å²) in [5.74, 6) is 0.239. The molecule has 0 unspecified atom stereocenters. The summed E-state index contributed by atoms with van der Waals surface area (Å²) in [5.41, 5.74) is 7.38. The van der Waals surface area contributed by atoms with E-state index in [-0.39, 0.29) is 12.3 Å². The van der Waals surface area contributed by atoms with Crippen molar-refractivity contribution in [2.24, 2.45) is 5.92 Å². The fraction of sp³-hybridized carbons (Fsp3) is 0.333. The van der Waals surface area contributed by atoms with Crippen LogP contribution >= 0.6 is 15.9 Å². The maximum absolute atomic E-state index is 9.18. The lowest BCUT2D eigenvalue weighted by atomic mass is 9.67. The minimum atomic E-state index is -0.489. The first kappa shape index (κ1) is 15.5. The smallest absolute Gasteiger partial charge is 0.181 e. The van der Waals surface area contributed by atoms with Crippen molar-refractivity contribution in [1.82, 2.24) is 29.4 Å². The predicted octanol–water partition coefficient (Wildman–Crippen LogP) is 1.88. The monoisotopic (exact) mass is 397 g/mol. The second-order valence-electron chi connectivity index (χ2n) is 6.11. The Morgan fingerprint density at radius 3 is 2.88 bits per heavy atom. The summed E-state index contributed by atoms with van der Waals surface area (Å²) in [6.07, 6.45) is 6.37. The van der Waals surface area contributed by atoms with E-state index in [0.29, 0.717) is 40.2 Å². The molecule has 0 aliphatic heterocycles. The summed E-state index contributed by atoms with van der Waals surface area (Å²) in [5, 5.41) is 26.8. The third-order valence-corrected chi connectivity index (χ3v) is 4.94. The summed E-state index contributed by atoms with van der Waals surface area (Å²) >= 11 is 3.36. The highest BCUT2D eigenvalue weighted by molar-refractivity contribution is 9.10. The maximum Gasteiger partial charge on any atom is 0.181 e. The molecule has 2 N–H and O–H groups in total. The number of nitrogen functional groups attached to an aromatic ring is 1. The highest BCUT2D eigenvalue weighted by atomic mass is 79.9. The SMILES string of the molecule is N#CC[C@]1(n2cc(-c3nc(Br)cn4ncnc34)c(N)n2)C[C@H](C#N)C1. The first-order valence-electron chi connectivity index (χ1n) is 7.55. The lowest BCUT2D eigenvalue weighted by Crippen LogP contribution is -2.46. The molecule has 0 radical (unpaired) electrons. The van der Waals surface area contributed by atoms with Crippen molar-refractivity contribution < 1.29 is 0 Å². The van der Waals surface area contributed by atoms with Gasteiger partial charge in [-0.15, -0.1) is 0 Å². The number of fused-ring (bicyclic) bond motifs is 1. The van der Waals surface area contributed by atoms with Crippen LogP contribution in [-0.4, -0.2) is 29.4 Å². The van der Waals surface area contributed by atoms with Gasteiger partial charge >= 0.3 is 0 Å². The molecule has 1 fully saturated rings. The Morgan fingerprint density at radius 2 is 2.16 bits per heavy atom.